The van der Waals surface area contributed by atoms with Crippen LogP contribution in [0.2, 0.25) is 0 Å². The number of thioether (sulfide) groups is 1. The predicted octanol–water partition coefficient (Wildman–Crippen LogP) is 2.88. The summed E-state index contributed by atoms with van der Waals surface area (Å²) in [4.78, 5) is 26.3. The van der Waals surface area contributed by atoms with Crippen molar-refractivity contribution in [3.63, 3.8) is 0 Å². The fourth-order valence-electron chi connectivity index (χ4n) is 2.17. The van der Waals surface area contributed by atoms with E-state index >= 15 is 0 Å². The summed E-state index contributed by atoms with van der Waals surface area (Å²) in [5.41, 5.74) is 1.66. The molecule has 1 saturated heterocycles. The lowest BCUT2D eigenvalue weighted by atomic mass is 10.1. The van der Waals surface area contributed by atoms with Crippen molar-refractivity contribution in [2.24, 2.45) is 0 Å². The van der Waals surface area contributed by atoms with Gasteiger partial charge in [-0.2, -0.15) is 11.8 Å². The molecule has 6 heteroatoms. The molecular weight excluding hydrogens is 354 g/mol. The molecule has 114 valence electrons. The van der Waals surface area contributed by atoms with E-state index in [0.717, 1.165) is 15.8 Å². The number of carbonyl (C=O) groups excluding carboxylic acids is 2. The molecule has 0 bridgehead atoms. The first-order chi connectivity index (χ1) is 10.0. The van der Waals surface area contributed by atoms with Crippen LogP contribution >= 0.6 is 27.7 Å². The van der Waals surface area contributed by atoms with Crippen molar-refractivity contribution in [2.45, 2.75) is 19.9 Å². The van der Waals surface area contributed by atoms with E-state index in [1.165, 1.54) is 0 Å². The summed E-state index contributed by atoms with van der Waals surface area (Å²) in [6.45, 7) is 4.64. The maximum atomic E-state index is 12.7. The Hall–Kier alpha value is -1.01. The molecule has 1 atom stereocenters. The smallest absolute Gasteiger partial charge is 0.329 e. The third-order valence-corrected chi connectivity index (χ3v) is 5.24. The van der Waals surface area contributed by atoms with E-state index in [9.17, 15) is 9.59 Å². The summed E-state index contributed by atoms with van der Waals surface area (Å²) in [5.74, 6) is 1.00. The minimum absolute atomic E-state index is 0.117. The first-order valence-corrected chi connectivity index (χ1v) is 8.81. The van der Waals surface area contributed by atoms with Gasteiger partial charge in [0, 0.05) is 28.1 Å². The van der Waals surface area contributed by atoms with Crippen LogP contribution in [0.1, 0.15) is 22.8 Å². The molecule has 1 aromatic carbocycles. The van der Waals surface area contributed by atoms with Crippen LogP contribution in [-0.4, -0.2) is 47.5 Å². The summed E-state index contributed by atoms with van der Waals surface area (Å²) in [5, 5.41) is 0. The van der Waals surface area contributed by atoms with Crippen LogP contribution in [0, 0.1) is 6.92 Å². The molecule has 1 heterocycles. The Balaban J connectivity index is 2.21. The Labute approximate surface area is 137 Å². The van der Waals surface area contributed by atoms with Crippen LogP contribution in [0.5, 0.6) is 0 Å². The van der Waals surface area contributed by atoms with Gasteiger partial charge in [0.05, 0.1) is 6.61 Å². The fourth-order valence-corrected chi connectivity index (χ4v) is 3.58. The minimum atomic E-state index is -0.490. The van der Waals surface area contributed by atoms with Gasteiger partial charge in [0.15, 0.2) is 0 Å². The zero-order valence-corrected chi connectivity index (χ0v) is 14.5. The lowest BCUT2D eigenvalue weighted by Crippen LogP contribution is -2.51. The summed E-state index contributed by atoms with van der Waals surface area (Å²) in [7, 11) is 0. The molecule has 0 saturated carbocycles. The highest BCUT2D eigenvalue weighted by atomic mass is 79.9. The van der Waals surface area contributed by atoms with Crippen molar-refractivity contribution >= 4 is 39.6 Å². The van der Waals surface area contributed by atoms with Crippen LogP contribution in [0.15, 0.2) is 22.7 Å². The van der Waals surface area contributed by atoms with Gasteiger partial charge in [-0.25, -0.2) is 4.79 Å². The summed E-state index contributed by atoms with van der Waals surface area (Å²) >= 11 is 5.12. The fraction of sp³-hybridized carbons (Fsp3) is 0.467. The van der Waals surface area contributed by atoms with E-state index in [1.807, 2.05) is 19.1 Å². The van der Waals surface area contributed by atoms with Gasteiger partial charge in [-0.05, 0) is 31.5 Å². The van der Waals surface area contributed by atoms with E-state index in [-0.39, 0.29) is 11.9 Å². The van der Waals surface area contributed by atoms with Crippen molar-refractivity contribution in [3.05, 3.63) is 33.8 Å². The van der Waals surface area contributed by atoms with Gasteiger partial charge in [0.1, 0.15) is 6.04 Å². The monoisotopic (exact) mass is 371 g/mol. The highest BCUT2D eigenvalue weighted by molar-refractivity contribution is 9.10. The molecule has 0 aliphatic carbocycles. The van der Waals surface area contributed by atoms with Gasteiger partial charge in [-0.15, -0.1) is 0 Å². The van der Waals surface area contributed by atoms with Crippen molar-refractivity contribution in [3.8, 4) is 0 Å². The van der Waals surface area contributed by atoms with Crippen LogP contribution < -0.4 is 0 Å². The molecule has 1 aliphatic rings. The molecule has 1 unspecified atom stereocenters. The Kier molecular flexibility index (Phi) is 5.70. The molecule has 21 heavy (non-hydrogen) atoms. The van der Waals surface area contributed by atoms with E-state index in [0.29, 0.717) is 24.5 Å². The number of ether oxygens (including phenoxy) is 1. The number of benzene rings is 1. The molecule has 0 N–H and O–H groups in total. The van der Waals surface area contributed by atoms with Gasteiger partial charge in [-0.1, -0.05) is 22.0 Å². The van der Waals surface area contributed by atoms with Crippen LogP contribution in [0.25, 0.3) is 0 Å². The van der Waals surface area contributed by atoms with Crippen LogP contribution in [0.4, 0.5) is 0 Å². The average molecular weight is 372 g/mol. The lowest BCUT2D eigenvalue weighted by molar-refractivity contribution is -0.147. The lowest BCUT2D eigenvalue weighted by Gasteiger charge is -2.33. The van der Waals surface area contributed by atoms with Crippen LogP contribution in [0.3, 0.4) is 0 Å². The van der Waals surface area contributed by atoms with Gasteiger partial charge >= 0.3 is 5.97 Å². The Morgan fingerprint density at radius 2 is 2.24 bits per heavy atom. The molecule has 1 aromatic rings. The Morgan fingerprint density at radius 1 is 1.48 bits per heavy atom. The summed E-state index contributed by atoms with van der Waals surface area (Å²) in [6, 6.07) is 5.01. The van der Waals surface area contributed by atoms with Crippen molar-refractivity contribution in [2.75, 3.05) is 24.7 Å². The number of esters is 1. The minimum Gasteiger partial charge on any atom is -0.464 e. The zero-order valence-electron chi connectivity index (χ0n) is 12.1. The second-order valence-electron chi connectivity index (χ2n) is 4.81. The third-order valence-electron chi connectivity index (χ3n) is 3.37. The van der Waals surface area contributed by atoms with E-state index in [4.69, 9.17) is 4.74 Å². The van der Waals surface area contributed by atoms with Crippen molar-refractivity contribution in [1.82, 2.24) is 4.90 Å². The zero-order chi connectivity index (χ0) is 15.4. The SMILES string of the molecule is CCOC(=O)C1CSCCN1C(=O)c1ccc(C)c(Br)c1. The molecular formula is C15H18BrNO3S. The second kappa shape index (κ2) is 7.31. The number of hydrogen-bond acceptors (Lipinski definition) is 4. The highest BCUT2D eigenvalue weighted by Gasteiger charge is 2.34. The van der Waals surface area contributed by atoms with Gasteiger partial charge < -0.3 is 9.64 Å². The maximum absolute atomic E-state index is 12.7. The molecule has 0 radical (unpaired) electrons. The molecule has 1 amide bonds. The molecule has 0 aromatic heterocycles. The number of halogens is 1. The number of amides is 1. The molecule has 2 rings (SSSR count). The topological polar surface area (TPSA) is 46.6 Å². The standard InChI is InChI=1S/C15H18BrNO3S/c1-3-20-15(19)13-9-21-7-6-17(13)14(18)11-5-4-10(2)12(16)8-11/h4-5,8,13H,3,6-7,9H2,1-2H3. The molecule has 1 fully saturated rings. The maximum Gasteiger partial charge on any atom is 0.329 e. The number of nitrogens with zero attached hydrogens (tertiary/aromatic N) is 1. The molecule has 1 aliphatic heterocycles. The number of rotatable bonds is 3. The Morgan fingerprint density at radius 3 is 2.90 bits per heavy atom. The normalized spacial score (nSPS) is 18.4. The van der Waals surface area contributed by atoms with Crippen LogP contribution in [-0.2, 0) is 9.53 Å². The average Bonchev–Trinajstić information content (AvgIpc) is 2.49. The van der Waals surface area contributed by atoms with Gasteiger partial charge in [0.25, 0.3) is 5.91 Å². The third kappa shape index (κ3) is 3.80. The number of carbonyl (C=O) groups is 2. The quantitative estimate of drug-likeness (QED) is 0.766. The summed E-state index contributed by atoms with van der Waals surface area (Å²) < 4.78 is 5.98. The first kappa shape index (κ1) is 16.4. The van der Waals surface area contributed by atoms with Gasteiger partial charge in [-0.3, -0.25) is 4.79 Å². The Bertz CT molecular complexity index is 550. The van der Waals surface area contributed by atoms with E-state index < -0.39 is 6.04 Å². The van der Waals surface area contributed by atoms with Gasteiger partial charge in [0.2, 0.25) is 0 Å². The summed E-state index contributed by atoms with van der Waals surface area (Å²) in [6.07, 6.45) is 0. The van der Waals surface area contributed by atoms with E-state index in [1.54, 1.807) is 29.7 Å². The largest absolute Gasteiger partial charge is 0.464 e. The molecule has 4 nitrogen and oxygen atoms in total. The predicted molar refractivity (Wildman–Crippen MR) is 87.7 cm³/mol. The van der Waals surface area contributed by atoms with Crippen molar-refractivity contribution < 1.29 is 14.3 Å². The number of aryl methyl sites for hydroxylation is 1. The molecule has 0 spiro atoms. The second-order valence-corrected chi connectivity index (χ2v) is 6.81. The van der Waals surface area contributed by atoms with Crippen molar-refractivity contribution in [1.29, 1.82) is 0 Å². The highest BCUT2D eigenvalue weighted by Crippen LogP contribution is 2.23. The number of hydrogen-bond donors (Lipinski definition) is 0. The van der Waals surface area contributed by atoms with E-state index in [2.05, 4.69) is 15.9 Å². The first-order valence-electron chi connectivity index (χ1n) is 6.86.